The first-order valence-electron chi connectivity index (χ1n) is 16.3. The summed E-state index contributed by atoms with van der Waals surface area (Å²) >= 11 is 1.80. The van der Waals surface area contributed by atoms with Gasteiger partial charge in [0.05, 0.1) is 15.9 Å². The van der Waals surface area contributed by atoms with Crippen LogP contribution in [0, 0.1) is 0 Å². The Bertz CT molecular complexity index is 2750. The molecule has 3 aromatic heterocycles. The third kappa shape index (κ3) is 4.41. The predicted octanol–water partition coefficient (Wildman–Crippen LogP) is 12.5. The third-order valence-corrected chi connectivity index (χ3v) is 10.8. The molecule has 10 rings (SSSR count). The molecular weight excluding hydrogens is 605 g/mol. The van der Waals surface area contributed by atoms with Gasteiger partial charge in [-0.05, 0) is 69.8 Å². The molecular formula is C44H28N2OS. The van der Waals surface area contributed by atoms with Crippen molar-refractivity contribution in [1.82, 2.24) is 9.97 Å². The topological polar surface area (TPSA) is 38.9 Å². The summed E-state index contributed by atoms with van der Waals surface area (Å²) in [6.07, 6.45) is 9.69. The van der Waals surface area contributed by atoms with Gasteiger partial charge in [0.15, 0.2) is 5.82 Å². The monoisotopic (exact) mass is 632 g/mol. The zero-order valence-corrected chi connectivity index (χ0v) is 26.7. The number of allylic oxidation sites excluding steroid dienone is 4. The van der Waals surface area contributed by atoms with Crippen LogP contribution in [0.15, 0.2) is 156 Å². The number of nitrogens with zero attached hydrogens (tertiary/aromatic N) is 2. The number of benzene rings is 6. The summed E-state index contributed by atoms with van der Waals surface area (Å²) in [5.41, 5.74) is 9.50. The summed E-state index contributed by atoms with van der Waals surface area (Å²) in [7, 11) is 0. The van der Waals surface area contributed by atoms with Crippen LogP contribution in [-0.4, -0.2) is 9.97 Å². The van der Waals surface area contributed by atoms with Crippen molar-refractivity contribution in [2.24, 2.45) is 0 Å². The van der Waals surface area contributed by atoms with E-state index >= 15 is 0 Å². The van der Waals surface area contributed by atoms with Crippen molar-refractivity contribution < 1.29 is 4.42 Å². The van der Waals surface area contributed by atoms with Crippen molar-refractivity contribution >= 4 is 64.4 Å². The molecule has 9 aromatic rings. The number of aromatic nitrogens is 2. The molecule has 0 bridgehead atoms. The molecule has 0 aliphatic heterocycles. The molecule has 3 nitrogen and oxygen atoms in total. The zero-order valence-electron chi connectivity index (χ0n) is 25.9. The highest BCUT2D eigenvalue weighted by molar-refractivity contribution is 7.25. The first kappa shape index (κ1) is 27.3. The molecule has 226 valence electrons. The van der Waals surface area contributed by atoms with Crippen LogP contribution < -0.4 is 0 Å². The van der Waals surface area contributed by atoms with Gasteiger partial charge in [-0.25, -0.2) is 9.97 Å². The molecule has 1 aliphatic carbocycles. The Kier molecular flexibility index (Phi) is 6.18. The van der Waals surface area contributed by atoms with Gasteiger partial charge in [0.1, 0.15) is 11.2 Å². The minimum Gasteiger partial charge on any atom is -0.456 e. The molecule has 1 aliphatic rings. The van der Waals surface area contributed by atoms with Crippen LogP contribution in [0.3, 0.4) is 0 Å². The number of hydrogen-bond donors (Lipinski definition) is 0. The predicted molar refractivity (Wildman–Crippen MR) is 202 cm³/mol. The Balaban J connectivity index is 1.12. The lowest BCUT2D eigenvalue weighted by Gasteiger charge is -2.15. The highest BCUT2D eigenvalue weighted by Crippen LogP contribution is 2.42. The van der Waals surface area contributed by atoms with Crippen molar-refractivity contribution in [2.75, 3.05) is 0 Å². The molecule has 48 heavy (non-hydrogen) atoms. The second-order valence-electron chi connectivity index (χ2n) is 12.5. The molecule has 0 N–H and O–H groups in total. The maximum absolute atomic E-state index is 6.59. The van der Waals surface area contributed by atoms with Crippen molar-refractivity contribution in [3.05, 3.63) is 157 Å². The average Bonchev–Trinajstić information content (AvgIpc) is 3.71. The Labute approximate surface area is 281 Å². The molecule has 1 atom stereocenters. The van der Waals surface area contributed by atoms with E-state index in [2.05, 4.69) is 152 Å². The molecule has 0 radical (unpaired) electrons. The van der Waals surface area contributed by atoms with Crippen LogP contribution in [0.5, 0.6) is 0 Å². The van der Waals surface area contributed by atoms with Crippen LogP contribution in [0.1, 0.15) is 18.0 Å². The molecule has 6 aromatic carbocycles. The van der Waals surface area contributed by atoms with E-state index in [4.69, 9.17) is 14.4 Å². The van der Waals surface area contributed by atoms with Gasteiger partial charge in [-0.1, -0.05) is 121 Å². The highest BCUT2D eigenvalue weighted by atomic mass is 32.1. The number of fused-ring (bicyclic) bond motifs is 7. The van der Waals surface area contributed by atoms with E-state index in [0.29, 0.717) is 0 Å². The maximum atomic E-state index is 6.59. The lowest BCUT2D eigenvalue weighted by atomic mass is 9.93. The lowest BCUT2D eigenvalue weighted by molar-refractivity contribution is 0.669. The molecule has 0 fully saturated rings. The van der Waals surface area contributed by atoms with Crippen LogP contribution >= 0.6 is 11.3 Å². The molecule has 0 saturated heterocycles. The van der Waals surface area contributed by atoms with Crippen LogP contribution in [0.25, 0.3) is 86.7 Å². The van der Waals surface area contributed by atoms with Gasteiger partial charge in [0, 0.05) is 32.3 Å². The Morgan fingerprint density at radius 1 is 0.604 bits per heavy atom. The number of thiophene rings is 1. The second-order valence-corrected chi connectivity index (χ2v) is 13.6. The Morgan fingerprint density at radius 3 is 2.21 bits per heavy atom. The summed E-state index contributed by atoms with van der Waals surface area (Å²) in [6, 6.07) is 45.2. The van der Waals surface area contributed by atoms with Crippen molar-refractivity contribution in [3.8, 4) is 33.6 Å². The zero-order chi connectivity index (χ0) is 31.6. The summed E-state index contributed by atoms with van der Waals surface area (Å²) < 4.78 is 9.01. The molecule has 0 spiro atoms. The van der Waals surface area contributed by atoms with Crippen molar-refractivity contribution in [3.63, 3.8) is 0 Å². The number of hydrogen-bond acceptors (Lipinski definition) is 4. The normalized spacial score (nSPS) is 14.6. The van der Waals surface area contributed by atoms with Gasteiger partial charge in [-0.15, -0.1) is 11.3 Å². The minimum atomic E-state index is 0.233. The minimum absolute atomic E-state index is 0.233. The smallest absolute Gasteiger partial charge is 0.160 e. The lowest BCUT2D eigenvalue weighted by Crippen LogP contribution is -2.03. The molecule has 3 heterocycles. The fourth-order valence-corrected chi connectivity index (χ4v) is 8.39. The third-order valence-electron chi connectivity index (χ3n) is 9.58. The van der Waals surface area contributed by atoms with E-state index in [1.807, 2.05) is 0 Å². The van der Waals surface area contributed by atoms with Crippen molar-refractivity contribution in [1.29, 1.82) is 0 Å². The Morgan fingerprint density at radius 2 is 1.38 bits per heavy atom. The van der Waals surface area contributed by atoms with Gasteiger partial charge >= 0.3 is 0 Å². The fraction of sp³-hybridized carbons (Fsp3) is 0.0455. The standard InChI is InChI=1S/C44H28N2OS/c1-3-11-28(12-4-1)35-24-33(26-38-40(35)36-23-31-15-7-8-16-32(31)25-37(36)47-38)27-19-21-30(22-20-27)44-45-41(29-13-5-2-6-14-29)43-42(46-44)34-17-9-10-18-39(34)48-43/h1-13,15-26,29H,14H2. The average molecular weight is 633 g/mol. The summed E-state index contributed by atoms with van der Waals surface area (Å²) in [6.45, 7) is 0. The van der Waals surface area contributed by atoms with Crippen molar-refractivity contribution in [2.45, 2.75) is 12.3 Å². The SMILES string of the molecule is C1=CCC(c2nc(-c3ccc(-c4cc(-c5ccccc5)c5c(c4)oc4cc6ccccc6cc45)cc3)nc3c2sc2ccccc23)C=C1. The molecule has 0 saturated carbocycles. The quantitative estimate of drug-likeness (QED) is 0.194. The van der Waals surface area contributed by atoms with E-state index in [0.717, 1.165) is 62.1 Å². The fourth-order valence-electron chi connectivity index (χ4n) is 7.19. The Hall–Kier alpha value is -5.84. The highest BCUT2D eigenvalue weighted by Gasteiger charge is 2.21. The summed E-state index contributed by atoms with van der Waals surface area (Å²) in [4.78, 5) is 10.4. The van der Waals surface area contributed by atoms with E-state index in [1.165, 1.54) is 36.7 Å². The van der Waals surface area contributed by atoms with Crippen LogP contribution in [0.4, 0.5) is 0 Å². The summed E-state index contributed by atoms with van der Waals surface area (Å²) in [5, 5.41) is 5.86. The van der Waals surface area contributed by atoms with E-state index in [9.17, 15) is 0 Å². The summed E-state index contributed by atoms with van der Waals surface area (Å²) in [5.74, 6) is 0.997. The van der Waals surface area contributed by atoms with E-state index in [1.54, 1.807) is 11.3 Å². The largest absolute Gasteiger partial charge is 0.456 e. The maximum Gasteiger partial charge on any atom is 0.160 e. The van der Waals surface area contributed by atoms with Crippen LogP contribution in [-0.2, 0) is 0 Å². The molecule has 0 amide bonds. The first-order chi connectivity index (χ1) is 23.8. The second kappa shape index (κ2) is 10.9. The van der Waals surface area contributed by atoms with E-state index in [-0.39, 0.29) is 5.92 Å². The van der Waals surface area contributed by atoms with Gasteiger partial charge < -0.3 is 4.42 Å². The van der Waals surface area contributed by atoms with E-state index < -0.39 is 0 Å². The molecule has 4 heteroatoms. The van der Waals surface area contributed by atoms with Gasteiger partial charge in [-0.2, -0.15) is 0 Å². The van der Waals surface area contributed by atoms with Gasteiger partial charge in [0.2, 0.25) is 0 Å². The van der Waals surface area contributed by atoms with Gasteiger partial charge in [-0.3, -0.25) is 0 Å². The number of furan rings is 1. The first-order valence-corrected chi connectivity index (χ1v) is 17.2. The number of rotatable bonds is 4. The van der Waals surface area contributed by atoms with Crippen LogP contribution in [0.2, 0.25) is 0 Å². The van der Waals surface area contributed by atoms with Gasteiger partial charge in [0.25, 0.3) is 0 Å². The molecule has 1 unspecified atom stereocenters.